The molecule has 1 saturated heterocycles. The number of hydrogen-bond donors (Lipinski definition) is 3. The van der Waals surface area contributed by atoms with Crippen molar-refractivity contribution in [3.8, 4) is 11.3 Å². The van der Waals surface area contributed by atoms with E-state index in [1.165, 1.54) is 31.0 Å². The fourth-order valence-corrected chi connectivity index (χ4v) is 5.11. The van der Waals surface area contributed by atoms with Crippen molar-refractivity contribution in [2.24, 2.45) is 11.8 Å². The minimum Gasteiger partial charge on any atom is -0.353 e. The van der Waals surface area contributed by atoms with E-state index in [1.54, 1.807) is 24.4 Å². The second kappa shape index (κ2) is 10.6. The predicted molar refractivity (Wildman–Crippen MR) is 142 cm³/mol. The second-order valence-corrected chi connectivity index (χ2v) is 10.5. The third-order valence-corrected chi connectivity index (χ3v) is 7.66. The quantitative estimate of drug-likeness (QED) is 0.332. The number of H-pyrrole nitrogens is 1. The number of hydrogen-bond acceptors (Lipinski definition) is 6. The highest BCUT2D eigenvalue weighted by Crippen LogP contribution is 2.35. The largest absolute Gasteiger partial charge is 0.353 e. The molecule has 3 N–H and O–H groups in total. The van der Waals surface area contributed by atoms with Crippen LogP contribution >= 0.6 is 23.8 Å². The van der Waals surface area contributed by atoms with Gasteiger partial charge >= 0.3 is 0 Å². The summed E-state index contributed by atoms with van der Waals surface area (Å²) < 4.78 is 14.7. The zero-order chi connectivity index (χ0) is 25.2. The Hall–Kier alpha value is -2.88. The molecule has 5 rings (SSSR count). The van der Waals surface area contributed by atoms with Crippen molar-refractivity contribution in [1.29, 1.82) is 0 Å². The Morgan fingerprint density at radius 2 is 1.97 bits per heavy atom. The van der Waals surface area contributed by atoms with Crippen LogP contribution in [0.15, 0.2) is 42.6 Å². The molecule has 0 atom stereocenters. The van der Waals surface area contributed by atoms with Crippen LogP contribution in [0.2, 0.25) is 5.02 Å². The Bertz CT molecular complexity index is 1320. The second-order valence-electron chi connectivity index (χ2n) is 9.70. The van der Waals surface area contributed by atoms with Gasteiger partial charge in [-0.15, -0.1) is 0 Å². The molecule has 2 fully saturated rings. The van der Waals surface area contributed by atoms with Crippen LogP contribution < -0.4 is 10.6 Å². The molecule has 1 saturated carbocycles. The highest BCUT2D eigenvalue weighted by atomic mass is 35.5. The molecule has 1 aliphatic carbocycles. The van der Waals surface area contributed by atoms with Gasteiger partial charge in [-0.05, 0) is 75.0 Å². The van der Waals surface area contributed by atoms with Crippen molar-refractivity contribution in [2.75, 3.05) is 23.7 Å². The molecular weight excluding hydrogens is 499 g/mol. The first-order valence-electron chi connectivity index (χ1n) is 12.2. The molecule has 0 unspecified atom stereocenters. The summed E-state index contributed by atoms with van der Waals surface area (Å²) in [4.78, 5) is 19.6. The van der Waals surface area contributed by atoms with E-state index in [0.29, 0.717) is 38.6 Å². The molecule has 1 amide bonds. The molecule has 3 heterocycles. The molecule has 1 aliphatic heterocycles. The number of halogens is 2. The number of rotatable bonds is 6. The third kappa shape index (κ3) is 5.58. The average molecular weight is 527 g/mol. The van der Waals surface area contributed by atoms with Gasteiger partial charge in [0.25, 0.3) is 0 Å². The summed E-state index contributed by atoms with van der Waals surface area (Å²) in [5, 5.41) is 13.5. The summed E-state index contributed by atoms with van der Waals surface area (Å²) in [7, 11) is 0. The SMILES string of the molecule is CC1CCN(C2CC(C(=O)Nc3cc(Nc4cc(-c5cc(Cl)ccc5F)n[nH]c4=S)ccn3)C2)CC1. The first-order chi connectivity index (χ1) is 17.4. The van der Waals surface area contributed by atoms with E-state index in [1.807, 2.05) is 0 Å². The summed E-state index contributed by atoms with van der Waals surface area (Å²) in [6.07, 6.45) is 5.89. The van der Waals surface area contributed by atoms with Crippen molar-refractivity contribution >= 4 is 46.9 Å². The van der Waals surface area contributed by atoms with E-state index in [0.717, 1.165) is 31.8 Å². The predicted octanol–water partition coefficient (Wildman–Crippen LogP) is 6.19. The molecule has 188 valence electrons. The normalized spacial score (nSPS) is 20.5. The number of anilines is 3. The fraction of sp³-hybridized carbons (Fsp3) is 0.385. The van der Waals surface area contributed by atoms with Crippen molar-refractivity contribution in [3.05, 3.63) is 58.1 Å². The number of carbonyl (C=O) groups excluding carboxylic acids is 1. The summed E-state index contributed by atoms with van der Waals surface area (Å²) in [6, 6.07) is 9.97. The molecule has 2 aliphatic rings. The van der Waals surface area contributed by atoms with Gasteiger partial charge in [-0.3, -0.25) is 9.89 Å². The van der Waals surface area contributed by atoms with Gasteiger partial charge in [0.15, 0.2) is 0 Å². The van der Waals surface area contributed by atoms with Gasteiger partial charge < -0.3 is 15.5 Å². The molecule has 3 aromatic rings. The number of aromatic amines is 1. The van der Waals surface area contributed by atoms with Crippen molar-refractivity contribution < 1.29 is 9.18 Å². The molecule has 0 spiro atoms. The van der Waals surface area contributed by atoms with E-state index >= 15 is 0 Å². The Kier molecular flexibility index (Phi) is 7.32. The topological polar surface area (TPSA) is 85.9 Å². The molecule has 0 radical (unpaired) electrons. The summed E-state index contributed by atoms with van der Waals surface area (Å²) in [6.45, 7) is 4.58. The van der Waals surface area contributed by atoms with Gasteiger partial charge in [0.05, 0.1) is 11.4 Å². The van der Waals surface area contributed by atoms with Crippen LogP contribution in [0, 0.1) is 22.3 Å². The number of nitrogens with one attached hydrogen (secondary N) is 3. The molecular formula is C26H28ClFN6OS. The fourth-order valence-electron chi connectivity index (χ4n) is 4.78. The lowest BCUT2D eigenvalue weighted by atomic mass is 9.77. The van der Waals surface area contributed by atoms with Crippen LogP contribution in [0.4, 0.5) is 21.6 Å². The maximum absolute atomic E-state index is 14.3. The number of nitrogens with zero attached hydrogens (tertiary/aromatic N) is 3. The number of benzene rings is 1. The number of piperidine rings is 1. The summed E-state index contributed by atoms with van der Waals surface area (Å²) in [5.74, 6) is 0.840. The maximum atomic E-state index is 14.3. The maximum Gasteiger partial charge on any atom is 0.228 e. The number of carbonyl (C=O) groups is 1. The molecule has 10 heteroatoms. The van der Waals surface area contributed by atoms with Gasteiger partial charge in [0.2, 0.25) is 5.91 Å². The van der Waals surface area contributed by atoms with E-state index in [4.69, 9.17) is 23.8 Å². The minimum atomic E-state index is -0.439. The molecule has 2 aromatic heterocycles. The number of amides is 1. The molecule has 36 heavy (non-hydrogen) atoms. The van der Waals surface area contributed by atoms with Crippen LogP contribution in [0.1, 0.15) is 32.6 Å². The Morgan fingerprint density at radius 1 is 1.19 bits per heavy atom. The van der Waals surface area contributed by atoms with Gasteiger partial charge in [-0.2, -0.15) is 5.10 Å². The monoisotopic (exact) mass is 526 g/mol. The standard InChI is InChI=1S/C26H28ClFN6OS/c1-15-5-8-34(9-6-15)19-10-16(11-19)25(35)31-24-13-18(4-7-29-24)30-23-14-22(32-33-26(23)36)20-12-17(27)2-3-21(20)28/h2-4,7,12-16,19H,5-6,8-11H2,1H3,(H,33,36)(H2,29,30,31,32,35). The zero-order valence-corrected chi connectivity index (χ0v) is 21.5. The number of pyridine rings is 1. The lowest BCUT2D eigenvalue weighted by Gasteiger charge is -2.44. The first-order valence-corrected chi connectivity index (χ1v) is 13.0. The molecule has 0 bridgehead atoms. The van der Waals surface area contributed by atoms with Crippen LogP contribution in [0.25, 0.3) is 11.3 Å². The van der Waals surface area contributed by atoms with Crippen LogP contribution in [-0.2, 0) is 4.79 Å². The molecule has 7 nitrogen and oxygen atoms in total. The third-order valence-electron chi connectivity index (χ3n) is 7.12. The first kappa shape index (κ1) is 24.8. The minimum absolute atomic E-state index is 0.00111. The van der Waals surface area contributed by atoms with Crippen molar-refractivity contribution in [2.45, 2.75) is 38.6 Å². The van der Waals surface area contributed by atoms with E-state index < -0.39 is 5.82 Å². The Balaban J connectivity index is 1.23. The van der Waals surface area contributed by atoms with E-state index in [-0.39, 0.29) is 17.4 Å². The summed E-state index contributed by atoms with van der Waals surface area (Å²) >= 11 is 11.4. The lowest BCUT2D eigenvalue weighted by molar-refractivity contribution is -0.124. The Labute approximate surface area is 219 Å². The Morgan fingerprint density at radius 3 is 2.75 bits per heavy atom. The smallest absolute Gasteiger partial charge is 0.228 e. The van der Waals surface area contributed by atoms with Crippen LogP contribution in [0.3, 0.4) is 0 Å². The van der Waals surface area contributed by atoms with Crippen LogP contribution in [-0.4, -0.2) is 45.1 Å². The van der Waals surface area contributed by atoms with Crippen molar-refractivity contribution in [3.63, 3.8) is 0 Å². The zero-order valence-electron chi connectivity index (χ0n) is 19.9. The summed E-state index contributed by atoms with van der Waals surface area (Å²) in [5.41, 5.74) is 1.83. The highest BCUT2D eigenvalue weighted by molar-refractivity contribution is 7.71. The number of aromatic nitrogens is 3. The van der Waals surface area contributed by atoms with Gasteiger partial charge in [-0.25, -0.2) is 9.37 Å². The van der Waals surface area contributed by atoms with Gasteiger partial charge in [0, 0.05) is 40.5 Å². The van der Waals surface area contributed by atoms with Crippen LogP contribution in [0.5, 0.6) is 0 Å². The lowest BCUT2D eigenvalue weighted by Crippen LogP contribution is -2.50. The van der Waals surface area contributed by atoms with E-state index in [9.17, 15) is 9.18 Å². The van der Waals surface area contributed by atoms with E-state index in [2.05, 4.69) is 37.6 Å². The van der Waals surface area contributed by atoms with Crippen molar-refractivity contribution in [1.82, 2.24) is 20.1 Å². The highest BCUT2D eigenvalue weighted by Gasteiger charge is 2.38. The van der Waals surface area contributed by atoms with Gasteiger partial charge in [0.1, 0.15) is 16.3 Å². The van der Waals surface area contributed by atoms with Gasteiger partial charge in [-0.1, -0.05) is 30.7 Å². The molecule has 1 aromatic carbocycles. The average Bonchev–Trinajstić information content (AvgIpc) is 2.83. The number of likely N-dealkylation sites (tertiary alicyclic amines) is 1.